The lowest BCUT2D eigenvalue weighted by Crippen LogP contribution is -2.14. The molecule has 1 aromatic carbocycles. The first kappa shape index (κ1) is 16.1. The Balaban J connectivity index is 1.98. The van der Waals surface area contributed by atoms with Crippen LogP contribution >= 0.6 is 0 Å². The number of nitrogens with zero attached hydrogens (tertiary/aromatic N) is 2. The van der Waals surface area contributed by atoms with Gasteiger partial charge in [-0.2, -0.15) is 5.10 Å². The number of nitrogens with one attached hydrogen (secondary N) is 1. The Bertz CT molecular complexity index is 636. The third-order valence-corrected chi connectivity index (χ3v) is 3.74. The Hall–Kier alpha value is -2.31. The van der Waals surface area contributed by atoms with E-state index in [1.807, 2.05) is 6.92 Å². The maximum atomic E-state index is 13.3. The number of ketones is 1. The molecule has 1 heterocycles. The van der Waals surface area contributed by atoms with Crippen molar-refractivity contribution in [3.8, 4) is 5.75 Å². The van der Waals surface area contributed by atoms with Gasteiger partial charge in [-0.1, -0.05) is 13.8 Å². The number of Topliss-reactive ketones (excluding diaryl/α,β-unsaturated/α-hetero) is 1. The normalized spacial score (nSPS) is 13.8. The highest BCUT2D eigenvalue weighted by Crippen LogP contribution is 2.29. The molecule has 2 rings (SSSR count). The maximum absolute atomic E-state index is 13.3. The highest BCUT2D eigenvalue weighted by atomic mass is 19.1. The molecule has 0 spiro atoms. The fourth-order valence-electron chi connectivity index (χ4n) is 2.22. The SMILES string of the molecule is CC(CCC(C)c1cc(F)c(O)c(F)c1)C(=O)c1ncn[nH]1. The minimum Gasteiger partial charge on any atom is -0.503 e. The molecular weight excluding hydrogens is 292 g/mol. The number of H-pyrrole nitrogens is 1. The Labute approximate surface area is 126 Å². The van der Waals surface area contributed by atoms with E-state index in [0.29, 0.717) is 18.4 Å². The van der Waals surface area contributed by atoms with Gasteiger partial charge in [-0.05, 0) is 36.5 Å². The van der Waals surface area contributed by atoms with Gasteiger partial charge in [0.05, 0.1) is 0 Å². The van der Waals surface area contributed by atoms with E-state index >= 15 is 0 Å². The predicted octanol–water partition coefficient (Wildman–Crippen LogP) is 3.19. The van der Waals surface area contributed by atoms with E-state index in [2.05, 4.69) is 15.2 Å². The number of aromatic hydroxyl groups is 1. The second-order valence-electron chi connectivity index (χ2n) is 5.41. The van der Waals surface area contributed by atoms with Crippen molar-refractivity contribution in [1.82, 2.24) is 15.2 Å². The number of carbonyl (C=O) groups is 1. The van der Waals surface area contributed by atoms with Gasteiger partial charge in [0.2, 0.25) is 5.78 Å². The highest BCUT2D eigenvalue weighted by molar-refractivity contribution is 5.93. The quantitative estimate of drug-likeness (QED) is 0.803. The number of aromatic nitrogens is 3. The zero-order chi connectivity index (χ0) is 16.3. The van der Waals surface area contributed by atoms with Gasteiger partial charge >= 0.3 is 0 Å². The number of halogens is 2. The van der Waals surface area contributed by atoms with Crippen LogP contribution in [0, 0.1) is 17.6 Å². The summed E-state index contributed by atoms with van der Waals surface area (Å²) in [5.74, 6) is -3.28. The molecule has 2 N–H and O–H groups in total. The molecule has 0 saturated carbocycles. The molecular formula is C15H17F2N3O2. The van der Waals surface area contributed by atoms with Gasteiger partial charge < -0.3 is 5.11 Å². The third-order valence-electron chi connectivity index (χ3n) is 3.74. The van der Waals surface area contributed by atoms with Crippen LogP contribution in [0.2, 0.25) is 0 Å². The average molecular weight is 309 g/mol. The van der Waals surface area contributed by atoms with E-state index in [1.54, 1.807) is 6.92 Å². The van der Waals surface area contributed by atoms with Gasteiger partial charge in [0.25, 0.3) is 0 Å². The molecule has 0 saturated heterocycles. The molecule has 0 amide bonds. The summed E-state index contributed by atoms with van der Waals surface area (Å²) in [6.45, 7) is 3.59. The van der Waals surface area contributed by atoms with E-state index in [0.717, 1.165) is 12.1 Å². The minimum absolute atomic E-state index is 0.144. The first-order valence-corrected chi connectivity index (χ1v) is 6.97. The van der Waals surface area contributed by atoms with Crippen molar-refractivity contribution in [2.45, 2.75) is 32.6 Å². The predicted molar refractivity (Wildman–Crippen MR) is 75.5 cm³/mol. The molecule has 7 heteroatoms. The molecule has 0 fully saturated rings. The van der Waals surface area contributed by atoms with Crippen LogP contribution in [0.4, 0.5) is 8.78 Å². The van der Waals surface area contributed by atoms with Crippen LogP contribution in [0.5, 0.6) is 5.75 Å². The van der Waals surface area contributed by atoms with Crippen molar-refractivity contribution < 1.29 is 18.7 Å². The molecule has 118 valence electrons. The van der Waals surface area contributed by atoms with Crippen molar-refractivity contribution in [2.24, 2.45) is 5.92 Å². The Morgan fingerprint density at radius 3 is 2.45 bits per heavy atom. The standard InChI is InChI=1S/C15H17F2N3O2/c1-8(10-5-11(16)14(22)12(17)6-10)3-4-9(2)13(21)15-18-7-19-20-15/h5-9,22H,3-4H2,1-2H3,(H,18,19,20). The average Bonchev–Trinajstić information content (AvgIpc) is 3.02. The Morgan fingerprint density at radius 1 is 1.27 bits per heavy atom. The first-order valence-electron chi connectivity index (χ1n) is 6.97. The third kappa shape index (κ3) is 3.47. The van der Waals surface area contributed by atoms with E-state index in [1.165, 1.54) is 6.33 Å². The van der Waals surface area contributed by atoms with Gasteiger partial charge in [0.1, 0.15) is 6.33 Å². The second-order valence-corrected chi connectivity index (χ2v) is 5.41. The zero-order valence-electron chi connectivity index (χ0n) is 12.3. The molecule has 5 nitrogen and oxygen atoms in total. The minimum atomic E-state index is -0.979. The molecule has 2 atom stereocenters. The lowest BCUT2D eigenvalue weighted by atomic mass is 9.90. The van der Waals surface area contributed by atoms with E-state index in [4.69, 9.17) is 5.11 Å². The first-order chi connectivity index (χ1) is 10.4. The van der Waals surface area contributed by atoms with Crippen LogP contribution in [0.3, 0.4) is 0 Å². The molecule has 22 heavy (non-hydrogen) atoms. The maximum Gasteiger partial charge on any atom is 0.202 e. The lowest BCUT2D eigenvalue weighted by Gasteiger charge is -2.15. The van der Waals surface area contributed by atoms with Crippen LogP contribution in [-0.4, -0.2) is 26.1 Å². The fourth-order valence-corrected chi connectivity index (χ4v) is 2.22. The smallest absolute Gasteiger partial charge is 0.202 e. The van der Waals surface area contributed by atoms with E-state index in [9.17, 15) is 13.6 Å². The van der Waals surface area contributed by atoms with Crippen LogP contribution in [0.15, 0.2) is 18.5 Å². The molecule has 1 aromatic heterocycles. The summed E-state index contributed by atoms with van der Waals surface area (Å²) in [6.07, 6.45) is 2.39. The number of hydrogen-bond acceptors (Lipinski definition) is 4. The summed E-state index contributed by atoms with van der Waals surface area (Å²) in [5, 5.41) is 15.3. The molecule has 0 aliphatic heterocycles. The van der Waals surface area contributed by atoms with Gasteiger partial charge in [0, 0.05) is 5.92 Å². The van der Waals surface area contributed by atoms with Gasteiger partial charge in [0.15, 0.2) is 23.2 Å². The van der Waals surface area contributed by atoms with Gasteiger partial charge in [-0.25, -0.2) is 13.8 Å². The summed E-state index contributed by atoms with van der Waals surface area (Å²) in [4.78, 5) is 15.8. The van der Waals surface area contributed by atoms with Crippen LogP contribution < -0.4 is 0 Å². The summed E-state index contributed by atoms with van der Waals surface area (Å²) in [6, 6.07) is 2.23. The van der Waals surface area contributed by atoms with E-state index < -0.39 is 17.4 Å². The van der Waals surface area contributed by atoms with Crippen LogP contribution in [0.25, 0.3) is 0 Å². The molecule has 0 aliphatic rings. The van der Waals surface area contributed by atoms with Crippen molar-refractivity contribution in [1.29, 1.82) is 0 Å². The number of phenolic OH excluding ortho intramolecular Hbond substituents is 1. The second kappa shape index (κ2) is 6.64. The van der Waals surface area contributed by atoms with Crippen LogP contribution in [0.1, 0.15) is 48.8 Å². The molecule has 0 bridgehead atoms. The summed E-state index contributed by atoms with van der Waals surface area (Å²) < 4.78 is 26.7. The summed E-state index contributed by atoms with van der Waals surface area (Å²) in [7, 11) is 0. The zero-order valence-corrected chi connectivity index (χ0v) is 12.3. The summed E-state index contributed by atoms with van der Waals surface area (Å²) >= 11 is 0. The Kier molecular flexibility index (Phi) is 4.85. The van der Waals surface area contributed by atoms with Gasteiger partial charge in [-0.15, -0.1) is 0 Å². The number of hydrogen-bond donors (Lipinski definition) is 2. The number of aromatic amines is 1. The van der Waals surface area contributed by atoms with Crippen molar-refractivity contribution in [3.05, 3.63) is 41.5 Å². The van der Waals surface area contributed by atoms with Crippen molar-refractivity contribution in [3.63, 3.8) is 0 Å². The highest BCUT2D eigenvalue weighted by Gasteiger charge is 2.20. The Morgan fingerprint density at radius 2 is 1.91 bits per heavy atom. The van der Waals surface area contributed by atoms with Gasteiger partial charge in [-0.3, -0.25) is 9.89 Å². The fraction of sp³-hybridized carbons (Fsp3) is 0.400. The van der Waals surface area contributed by atoms with E-state index in [-0.39, 0.29) is 23.4 Å². The number of rotatable bonds is 6. The topological polar surface area (TPSA) is 78.9 Å². The lowest BCUT2D eigenvalue weighted by molar-refractivity contribution is 0.0911. The molecule has 2 unspecified atom stereocenters. The number of carbonyl (C=O) groups excluding carboxylic acids is 1. The molecule has 0 aliphatic carbocycles. The van der Waals surface area contributed by atoms with Crippen molar-refractivity contribution in [2.75, 3.05) is 0 Å². The molecule has 0 radical (unpaired) electrons. The number of benzene rings is 1. The molecule has 2 aromatic rings. The largest absolute Gasteiger partial charge is 0.503 e. The monoisotopic (exact) mass is 309 g/mol. The van der Waals surface area contributed by atoms with Crippen LogP contribution in [-0.2, 0) is 0 Å². The number of phenols is 1. The van der Waals surface area contributed by atoms with Crippen molar-refractivity contribution >= 4 is 5.78 Å². The summed E-state index contributed by atoms with van der Waals surface area (Å²) in [5.41, 5.74) is 0.451.